The lowest BCUT2D eigenvalue weighted by molar-refractivity contribution is 0.0777. The average Bonchev–Trinajstić information content (AvgIpc) is 2.76. The topological polar surface area (TPSA) is 34.0 Å². The summed E-state index contributed by atoms with van der Waals surface area (Å²) in [6.07, 6.45) is 7.65. The summed E-state index contributed by atoms with van der Waals surface area (Å²) in [6, 6.07) is 0.458. The second kappa shape index (κ2) is 5.00. The van der Waals surface area contributed by atoms with Crippen molar-refractivity contribution in [3.8, 4) is 0 Å². The van der Waals surface area contributed by atoms with Crippen LogP contribution < -0.4 is 0 Å². The van der Waals surface area contributed by atoms with Gasteiger partial charge in [-0.25, -0.2) is 0 Å². The van der Waals surface area contributed by atoms with Gasteiger partial charge in [0.1, 0.15) is 12.2 Å². The first-order valence-corrected chi connectivity index (χ1v) is 7.33. The summed E-state index contributed by atoms with van der Waals surface area (Å²) in [6.45, 7) is 7.89. The molecule has 1 saturated heterocycles. The highest BCUT2D eigenvalue weighted by Crippen LogP contribution is 2.34. The Kier molecular flexibility index (Phi) is 3.37. The van der Waals surface area contributed by atoms with Crippen LogP contribution in [0.4, 0.5) is 0 Å². The van der Waals surface area contributed by atoms with Crippen LogP contribution in [-0.4, -0.2) is 32.8 Å². The lowest BCUT2D eigenvalue weighted by Gasteiger charge is -2.41. The van der Waals surface area contributed by atoms with Crippen molar-refractivity contribution in [2.45, 2.75) is 52.1 Å². The SMILES string of the molecule is CC(C)n1cnnc1CN1C[C@H]2CCC[C@@H](C2)C1. The van der Waals surface area contributed by atoms with E-state index in [-0.39, 0.29) is 0 Å². The fraction of sp³-hybridized carbons (Fsp3) is 0.857. The predicted molar refractivity (Wildman–Crippen MR) is 71.1 cm³/mol. The van der Waals surface area contributed by atoms with Gasteiger partial charge in [-0.3, -0.25) is 4.90 Å². The van der Waals surface area contributed by atoms with Crippen molar-refractivity contribution in [3.63, 3.8) is 0 Å². The molecule has 0 radical (unpaired) electrons. The van der Waals surface area contributed by atoms with E-state index in [1.54, 1.807) is 0 Å². The zero-order valence-electron chi connectivity index (χ0n) is 11.5. The van der Waals surface area contributed by atoms with Gasteiger partial charge in [-0.15, -0.1) is 10.2 Å². The van der Waals surface area contributed by atoms with Crippen molar-refractivity contribution in [3.05, 3.63) is 12.2 Å². The Bertz CT molecular complexity index is 386. The Hall–Kier alpha value is -0.900. The minimum absolute atomic E-state index is 0.458. The molecule has 1 aliphatic carbocycles. The second-order valence-electron chi connectivity index (χ2n) is 6.34. The van der Waals surface area contributed by atoms with Crippen LogP contribution in [0.2, 0.25) is 0 Å². The van der Waals surface area contributed by atoms with E-state index in [0.717, 1.165) is 24.2 Å². The monoisotopic (exact) mass is 248 g/mol. The molecule has 2 atom stereocenters. The minimum Gasteiger partial charge on any atom is -0.314 e. The molecular weight excluding hydrogens is 224 g/mol. The van der Waals surface area contributed by atoms with E-state index < -0.39 is 0 Å². The van der Waals surface area contributed by atoms with Crippen molar-refractivity contribution in [1.29, 1.82) is 0 Å². The molecule has 2 fully saturated rings. The fourth-order valence-electron chi connectivity index (χ4n) is 3.68. The highest BCUT2D eigenvalue weighted by atomic mass is 15.3. The van der Waals surface area contributed by atoms with Crippen molar-refractivity contribution >= 4 is 0 Å². The predicted octanol–water partition coefficient (Wildman–Crippen LogP) is 2.48. The second-order valence-corrected chi connectivity index (χ2v) is 6.34. The van der Waals surface area contributed by atoms with Gasteiger partial charge in [0.25, 0.3) is 0 Å². The largest absolute Gasteiger partial charge is 0.314 e. The van der Waals surface area contributed by atoms with Gasteiger partial charge in [0.2, 0.25) is 0 Å². The number of rotatable bonds is 3. The molecule has 3 rings (SSSR count). The molecule has 1 aromatic rings. The summed E-state index contributed by atoms with van der Waals surface area (Å²) in [5.74, 6) is 3.01. The average molecular weight is 248 g/mol. The summed E-state index contributed by atoms with van der Waals surface area (Å²) in [5, 5.41) is 8.36. The summed E-state index contributed by atoms with van der Waals surface area (Å²) < 4.78 is 2.20. The molecule has 2 bridgehead atoms. The maximum Gasteiger partial charge on any atom is 0.147 e. The molecule has 0 amide bonds. The first-order chi connectivity index (χ1) is 8.72. The van der Waals surface area contributed by atoms with Crippen LogP contribution in [0.25, 0.3) is 0 Å². The number of likely N-dealkylation sites (tertiary alicyclic amines) is 1. The summed E-state index contributed by atoms with van der Waals surface area (Å²) in [5.41, 5.74) is 0. The molecule has 4 nitrogen and oxygen atoms in total. The molecule has 1 aromatic heterocycles. The van der Waals surface area contributed by atoms with E-state index >= 15 is 0 Å². The molecule has 4 heteroatoms. The summed E-state index contributed by atoms with van der Waals surface area (Å²) >= 11 is 0. The van der Waals surface area contributed by atoms with E-state index in [1.165, 1.54) is 38.8 Å². The van der Waals surface area contributed by atoms with Crippen LogP contribution in [0.3, 0.4) is 0 Å². The van der Waals surface area contributed by atoms with Crippen molar-refractivity contribution in [2.24, 2.45) is 11.8 Å². The van der Waals surface area contributed by atoms with E-state index in [9.17, 15) is 0 Å². The Morgan fingerprint density at radius 1 is 1.28 bits per heavy atom. The maximum atomic E-state index is 4.30. The number of nitrogens with zero attached hydrogens (tertiary/aromatic N) is 4. The normalized spacial score (nSPS) is 28.8. The Labute approximate surface area is 109 Å². The molecule has 0 unspecified atom stereocenters. The smallest absolute Gasteiger partial charge is 0.147 e. The quantitative estimate of drug-likeness (QED) is 0.824. The molecule has 100 valence electrons. The van der Waals surface area contributed by atoms with Gasteiger partial charge in [0.05, 0.1) is 6.54 Å². The molecule has 0 aromatic carbocycles. The standard InChI is InChI=1S/C14H24N4/c1-11(2)18-10-15-16-14(18)9-17-7-12-4-3-5-13(6-12)8-17/h10-13H,3-9H2,1-2H3/t12-,13-/m0/s1. The maximum absolute atomic E-state index is 4.30. The van der Waals surface area contributed by atoms with Crippen molar-refractivity contribution in [2.75, 3.05) is 13.1 Å². The number of piperidine rings is 1. The third-order valence-electron chi connectivity index (χ3n) is 4.49. The van der Waals surface area contributed by atoms with Gasteiger partial charge < -0.3 is 4.57 Å². The molecule has 0 N–H and O–H groups in total. The molecule has 2 aliphatic rings. The van der Waals surface area contributed by atoms with Crippen LogP contribution in [-0.2, 0) is 6.54 Å². The Balaban J connectivity index is 1.67. The number of fused-ring (bicyclic) bond motifs is 2. The molecule has 2 heterocycles. The van der Waals surface area contributed by atoms with E-state index in [1.807, 2.05) is 6.33 Å². The summed E-state index contributed by atoms with van der Waals surface area (Å²) in [4.78, 5) is 2.60. The number of aromatic nitrogens is 3. The van der Waals surface area contributed by atoms with Crippen LogP contribution in [0, 0.1) is 11.8 Å². The van der Waals surface area contributed by atoms with Gasteiger partial charge >= 0.3 is 0 Å². The molecule has 0 spiro atoms. The Morgan fingerprint density at radius 2 is 2.00 bits per heavy atom. The highest BCUT2D eigenvalue weighted by molar-refractivity contribution is 4.91. The molecular formula is C14H24N4. The minimum atomic E-state index is 0.458. The molecule has 1 aliphatic heterocycles. The van der Waals surface area contributed by atoms with Gasteiger partial charge in [-0.1, -0.05) is 6.42 Å². The fourth-order valence-corrected chi connectivity index (χ4v) is 3.68. The zero-order chi connectivity index (χ0) is 12.5. The van der Waals surface area contributed by atoms with Gasteiger partial charge in [0, 0.05) is 19.1 Å². The van der Waals surface area contributed by atoms with Gasteiger partial charge in [0.15, 0.2) is 0 Å². The lowest BCUT2D eigenvalue weighted by Crippen LogP contribution is -2.42. The third-order valence-corrected chi connectivity index (χ3v) is 4.49. The van der Waals surface area contributed by atoms with Crippen LogP contribution >= 0.6 is 0 Å². The number of hydrogen-bond acceptors (Lipinski definition) is 3. The first-order valence-electron chi connectivity index (χ1n) is 7.33. The van der Waals surface area contributed by atoms with E-state index in [4.69, 9.17) is 0 Å². The first kappa shape index (κ1) is 12.2. The number of hydrogen-bond donors (Lipinski definition) is 0. The molecule has 18 heavy (non-hydrogen) atoms. The summed E-state index contributed by atoms with van der Waals surface area (Å²) in [7, 11) is 0. The van der Waals surface area contributed by atoms with E-state index in [2.05, 4.69) is 33.5 Å². The third kappa shape index (κ3) is 2.44. The molecule has 1 saturated carbocycles. The Morgan fingerprint density at radius 3 is 2.67 bits per heavy atom. The van der Waals surface area contributed by atoms with Crippen molar-refractivity contribution < 1.29 is 0 Å². The lowest BCUT2D eigenvalue weighted by atomic mass is 9.78. The van der Waals surface area contributed by atoms with Crippen LogP contribution in [0.5, 0.6) is 0 Å². The highest BCUT2D eigenvalue weighted by Gasteiger charge is 2.30. The zero-order valence-corrected chi connectivity index (χ0v) is 11.5. The van der Waals surface area contributed by atoms with E-state index in [0.29, 0.717) is 6.04 Å². The van der Waals surface area contributed by atoms with Crippen molar-refractivity contribution in [1.82, 2.24) is 19.7 Å². The van der Waals surface area contributed by atoms with Gasteiger partial charge in [-0.05, 0) is 44.9 Å². The van der Waals surface area contributed by atoms with Crippen LogP contribution in [0.1, 0.15) is 51.4 Å². The van der Waals surface area contributed by atoms with Crippen LogP contribution in [0.15, 0.2) is 6.33 Å². The van der Waals surface area contributed by atoms with Gasteiger partial charge in [-0.2, -0.15) is 0 Å².